The molecule has 2 rings (SSSR count). The van der Waals surface area contributed by atoms with Crippen molar-refractivity contribution in [1.29, 1.82) is 0 Å². The van der Waals surface area contributed by atoms with Gasteiger partial charge in [-0.15, -0.1) is 0 Å². The van der Waals surface area contributed by atoms with E-state index in [0.29, 0.717) is 28.2 Å². The molecular weight excluding hydrogens is 325 g/mol. The van der Waals surface area contributed by atoms with E-state index in [1.807, 2.05) is 0 Å². The van der Waals surface area contributed by atoms with Crippen molar-refractivity contribution in [3.8, 4) is 0 Å². The molecule has 0 amide bonds. The minimum atomic E-state index is -1.10. The molecule has 1 N–H and O–H groups in total. The number of hydrogen-bond donors (Lipinski definition) is 1. The van der Waals surface area contributed by atoms with Crippen LogP contribution in [0.1, 0.15) is 18.5 Å². The van der Waals surface area contributed by atoms with Gasteiger partial charge in [0.2, 0.25) is 5.79 Å². The van der Waals surface area contributed by atoms with Crippen LogP contribution >= 0.6 is 27.5 Å². The van der Waals surface area contributed by atoms with E-state index in [1.54, 1.807) is 6.07 Å². The molecule has 0 radical (unpaired) electrons. The second-order valence-electron chi connectivity index (χ2n) is 3.87. The fraction of sp³-hybridized carbons (Fsp3) is 0.455. The number of rotatable bonds is 4. The molecule has 1 aromatic heterocycles. The average molecular weight is 337 g/mol. The lowest BCUT2D eigenvalue weighted by atomic mass is 10.1. The molecule has 1 aliphatic heterocycles. The number of halogens is 2. The van der Waals surface area contributed by atoms with Gasteiger partial charge in [-0.05, 0) is 28.4 Å². The molecule has 18 heavy (non-hydrogen) atoms. The zero-order chi connectivity index (χ0) is 13.2. The Labute approximate surface area is 117 Å². The number of ether oxygens (including phenoxy) is 2. The Hall–Kier alpha value is -0.690. The van der Waals surface area contributed by atoms with E-state index in [1.165, 1.54) is 6.20 Å². The number of pyridine rings is 1. The number of aromatic nitrogens is 1. The highest BCUT2D eigenvalue weighted by atomic mass is 79.9. The van der Waals surface area contributed by atoms with E-state index in [-0.39, 0.29) is 0 Å². The first-order valence-corrected chi connectivity index (χ1v) is 6.52. The van der Waals surface area contributed by atoms with Crippen molar-refractivity contribution in [3.63, 3.8) is 0 Å². The van der Waals surface area contributed by atoms with E-state index >= 15 is 0 Å². The molecule has 98 valence electrons. The number of carbonyl (C=O) groups is 1. The van der Waals surface area contributed by atoms with Gasteiger partial charge in [-0.2, -0.15) is 0 Å². The molecular formula is C11H11BrClNO4. The van der Waals surface area contributed by atoms with Crippen LogP contribution in [-0.4, -0.2) is 29.3 Å². The minimum absolute atomic E-state index is 0.434. The maximum Gasteiger partial charge on any atom is 0.329 e. The first-order valence-electron chi connectivity index (χ1n) is 5.35. The van der Waals surface area contributed by atoms with E-state index in [4.69, 9.17) is 26.2 Å². The van der Waals surface area contributed by atoms with E-state index in [2.05, 4.69) is 20.9 Å². The van der Waals surface area contributed by atoms with Crippen LogP contribution in [-0.2, 0) is 20.1 Å². The standard InChI is InChI=1S/C11H11BrClNO4/c12-8-4-7(13)5-14-10(8)11(2-1-3-17-11)18-6-9(15)16/h4-5H,1-3,6H2,(H,15,16). The molecule has 1 saturated heterocycles. The molecule has 1 aromatic rings. The Balaban J connectivity index is 2.31. The molecule has 0 spiro atoms. The Morgan fingerprint density at radius 3 is 3.06 bits per heavy atom. The summed E-state index contributed by atoms with van der Waals surface area (Å²) < 4.78 is 11.6. The summed E-state index contributed by atoms with van der Waals surface area (Å²) in [7, 11) is 0. The van der Waals surface area contributed by atoms with Crippen molar-refractivity contribution in [1.82, 2.24) is 4.98 Å². The molecule has 2 heterocycles. The molecule has 0 aromatic carbocycles. The molecule has 0 saturated carbocycles. The maximum atomic E-state index is 10.6. The van der Waals surface area contributed by atoms with Crippen LogP contribution in [0, 0.1) is 0 Å². The zero-order valence-electron chi connectivity index (χ0n) is 9.36. The van der Waals surface area contributed by atoms with Crippen LogP contribution in [0.4, 0.5) is 0 Å². The molecule has 0 aliphatic carbocycles. The summed E-state index contributed by atoms with van der Waals surface area (Å²) in [6.45, 7) is 0.0765. The van der Waals surface area contributed by atoms with E-state index in [9.17, 15) is 4.79 Å². The predicted octanol–water partition coefficient (Wildman–Crippen LogP) is 2.56. The highest BCUT2D eigenvalue weighted by molar-refractivity contribution is 9.10. The summed E-state index contributed by atoms with van der Waals surface area (Å²) in [4.78, 5) is 14.8. The topological polar surface area (TPSA) is 68.7 Å². The molecule has 1 unspecified atom stereocenters. The Morgan fingerprint density at radius 1 is 1.72 bits per heavy atom. The monoisotopic (exact) mass is 335 g/mol. The summed E-state index contributed by atoms with van der Waals surface area (Å²) in [6.07, 6.45) is 2.83. The first-order chi connectivity index (χ1) is 8.53. The predicted molar refractivity (Wildman–Crippen MR) is 67.4 cm³/mol. The number of carboxylic acid groups (broad SMARTS) is 1. The third-order valence-corrected chi connectivity index (χ3v) is 3.39. The van der Waals surface area contributed by atoms with Gasteiger partial charge in [-0.3, -0.25) is 4.98 Å². The second kappa shape index (κ2) is 5.52. The molecule has 1 fully saturated rings. The van der Waals surface area contributed by atoms with Crippen LogP contribution in [0.25, 0.3) is 0 Å². The number of hydrogen-bond acceptors (Lipinski definition) is 4. The third kappa shape index (κ3) is 2.83. The molecule has 7 heteroatoms. The van der Waals surface area contributed by atoms with Gasteiger partial charge in [-0.25, -0.2) is 4.79 Å². The fourth-order valence-electron chi connectivity index (χ4n) is 1.86. The fourth-order valence-corrected chi connectivity index (χ4v) is 2.80. The quantitative estimate of drug-likeness (QED) is 0.915. The van der Waals surface area contributed by atoms with Crippen molar-refractivity contribution in [2.75, 3.05) is 13.2 Å². The van der Waals surface area contributed by atoms with Gasteiger partial charge in [0.15, 0.2) is 0 Å². The van der Waals surface area contributed by atoms with Crippen molar-refractivity contribution in [3.05, 3.63) is 27.5 Å². The average Bonchev–Trinajstić information content (AvgIpc) is 2.76. The van der Waals surface area contributed by atoms with Crippen LogP contribution < -0.4 is 0 Å². The molecule has 0 bridgehead atoms. The van der Waals surface area contributed by atoms with Gasteiger partial charge in [-0.1, -0.05) is 11.6 Å². The number of aliphatic carboxylic acids is 1. The van der Waals surface area contributed by atoms with Gasteiger partial charge in [0.05, 0.1) is 11.6 Å². The van der Waals surface area contributed by atoms with Crippen molar-refractivity contribution >= 4 is 33.5 Å². The van der Waals surface area contributed by atoms with Gasteiger partial charge >= 0.3 is 5.97 Å². The first kappa shape index (κ1) is 13.7. The Kier molecular flexibility index (Phi) is 4.21. The van der Waals surface area contributed by atoms with Crippen LogP contribution in [0.15, 0.2) is 16.7 Å². The summed E-state index contributed by atoms with van der Waals surface area (Å²) in [6, 6.07) is 1.68. The van der Waals surface area contributed by atoms with E-state index in [0.717, 1.165) is 6.42 Å². The van der Waals surface area contributed by atoms with Crippen LogP contribution in [0.2, 0.25) is 5.02 Å². The smallest absolute Gasteiger partial charge is 0.329 e. The molecule has 1 aliphatic rings. The lowest BCUT2D eigenvalue weighted by Gasteiger charge is -2.28. The van der Waals surface area contributed by atoms with Gasteiger partial charge in [0.25, 0.3) is 0 Å². The Morgan fingerprint density at radius 2 is 2.50 bits per heavy atom. The summed E-state index contributed by atoms with van der Waals surface area (Å²) >= 11 is 9.17. The lowest BCUT2D eigenvalue weighted by molar-refractivity contribution is -0.225. The zero-order valence-corrected chi connectivity index (χ0v) is 11.7. The van der Waals surface area contributed by atoms with Gasteiger partial charge in [0.1, 0.15) is 12.3 Å². The van der Waals surface area contributed by atoms with Gasteiger partial charge < -0.3 is 14.6 Å². The Bertz CT molecular complexity index is 462. The largest absolute Gasteiger partial charge is 0.480 e. The van der Waals surface area contributed by atoms with Crippen LogP contribution in [0.3, 0.4) is 0 Å². The SMILES string of the molecule is O=C(O)COC1(c2ncc(Cl)cc2Br)CCCO1. The highest BCUT2D eigenvalue weighted by Gasteiger charge is 2.41. The second-order valence-corrected chi connectivity index (χ2v) is 5.16. The summed E-state index contributed by atoms with van der Waals surface area (Å²) in [5.41, 5.74) is 0.519. The van der Waals surface area contributed by atoms with Crippen molar-refractivity contribution in [2.24, 2.45) is 0 Å². The van der Waals surface area contributed by atoms with E-state index < -0.39 is 18.4 Å². The third-order valence-electron chi connectivity index (χ3n) is 2.58. The van der Waals surface area contributed by atoms with Crippen molar-refractivity contribution in [2.45, 2.75) is 18.6 Å². The number of nitrogens with zero attached hydrogens (tertiary/aromatic N) is 1. The highest BCUT2D eigenvalue weighted by Crippen LogP contribution is 2.40. The molecule has 1 atom stereocenters. The number of carboxylic acids is 1. The van der Waals surface area contributed by atoms with Crippen molar-refractivity contribution < 1.29 is 19.4 Å². The summed E-state index contributed by atoms with van der Waals surface area (Å²) in [5.74, 6) is -2.14. The van der Waals surface area contributed by atoms with Gasteiger partial charge in [0, 0.05) is 17.1 Å². The van der Waals surface area contributed by atoms with Crippen LogP contribution in [0.5, 0.6) is 0 Å². The maximum absolute atomic E-state index is 10.6. The lowest BCUT2D eigenvalue weighted by Crippen LogP contribution is -2.32. The summed E-state index contributed by atoms with van der Waals surface area (Å²) in [5, 5.41) is 9.20. The molecule has 5 nitrogen and oxygen atoms in total. The normalized spacial score (nSPS) is 23.2. The minimum Gasteiger partial charge on any atom is -0.480 e.